The van der Waals surface area contributed by atoms with Crippen molar-refractivity contribution in [2.24, 2.45) is 5.92 Å². The number of nitrogens with zero attached hydrogens (tertiary/aromatic N) is 2. The van der Waals surface area contributed by atoms with Crippen molar-refractivity contribution in [1.29, 1.82) is 0 Å². The molecule has 7 heteroatoms. The first kappa shape index (κ1) is 16.3. The van der Waals surface area contributed by atoms with Crippen molar-refractivity contribution in [3.63, 3.8) is 0 Å². The fourth-order valence-corrected chi connectivity index (χ4v) is 2.19. The van der Waals surface area contributed by atoms with Crippen LogP contribution in [0.1, 0.15) is 38.1 Å². The van der Waals surface area contributed by atoms with Gasteiger partial charge in [0, 0.05) is 18.7 Å². The van der Waals surface area contributed by atoms with Crippen LogP contribution in [-0.4, -0.2) is 35.4 Å². The second-order valence-electron chi connectivity index (χ2n) is 6.06. The smallest absolute Gasteiger partial charge is 0.360 e. The molecule has 0 amide bonds. The lowest BCUT2D eigenvalue weighted by atomic mass is 10.2. The zero-order valence-electron chi connectivity index (χ0n) is 12.4. The number of nitrogens with one attached hydrogen (secondary N) is 1. The molecule has 0 unspecified atom stereocenters. The Labute approximate surface area is 122 Å². The molecular weight excluding hydrogens is 283 g/mol. The van der Waals surface area contributed by atoms with Crippen LogP contribution < -0.4 is 5.32 Å². The van der Waals surface area contributed by atoms with Gasteiger partial charge < -0.3 is 9.84 Å². The van der Waals surface area contributed by atoms with Crippen molar-refractivity contribution in [2.75, 3.05) is 13.1 Å². The molecule has 0 saturated heterocycles. The summed E-state index contributed by atoms with van der Waals surface area (Å²) >= 11 is 0. The van der Waals surface area contributed by atoms with Gasteiger partial charge in [0.25, 0.3) is 0 Å². The molecule has 1 saturated carbocycles. The molecule has 4 nitrogen and oxygen atoms in total. The van der Waals surface area contributed by atoms with Gasteiger partial charge in [-0.2, -0.15) is 13.2 Å². The quantitative estimate of drug-likeness (QED) is 0.802. The summed E-state index contributed by atoms with van der Waals surface area (Å²) in [7, 11) is 0. The van der Waals surface area contributed by atoms with Crippen LogP contribution in [-0.2, 0) is 13.1 Å². The molecule has 2 rings (SSSR count). The fourth-order valence-electron chi connectivity index (χ4n) is 2.19. The van der Waals surface area contributed by atoms with Gasteiger partial charge in [0.2, 0.25) is 0 Å². The first-order valence-corrected chi connectivity index (χ1v) is 7.29. The Bertz CT molecular complexity index is 441. The van der Waals surface area contributed by atoms with E-state index in [1.54, 1.807) is 6.07 Å². The Morgan fingerprint density at radius 3 is 2.71 bits per heavy atom. The number of hydrogen-bond acceptors (Lipinski definition) is 4. The van der Waals surface area contributed by atoms with Crippen LogP contribution >= 0.6 is 0 Å². The van der Waals surface area contributed by atoms with Crippen LogP contribution in [0.4, 0.5) is 13.2 Å². The molecule has 1 aromatic heterocycles. The Hall–Kier alpha value is -1.08. The lowest BCUT2D eigenvalue weighted by molar-refractivity contribution is -0.149. The summed E-state index contributed by atoms with van der Waals surface area (Å²) in [5, 5.41) is 7.12. The summed E-state index contributed by atoms with van der Waals surface area (Å²) in [6, 6.07) is 1.76. The SMILES string of the molecule is CC(C)CNCc1cc(CN(CC(F)(F)F)C2CC2)on1. The van der Waals surface area contributed by atoms with Gasteiger partial charge in [-0.05, 0) is 25.3 Å². The van der Waals surface area contributed by atoms with Crippen molar-refractivity contribution in [2.45, 2.75) is 52.0 Å². The predicted molar refractivity (Wildman–Crippen MR) is 72.5 cm³/mol. The van der Waals surface area contributed by atoms with Gasteiger partial charge >= 0.3 is 6.18 Å². The van der Waals surface area contributed by atoms with Crippen molar-refractivity contribution in [1.82, 2.24) is 15.4 Å². The van der Waals surface area contributed by atoms with E-state index in [-0.39, 0.29) is 12.6 Å². The summed E-state index contributed by atoms with van der Waals surface area (Å²) in [5.41, 5.74) is 0.730. The topological polar surface area (TPSA) is 41.3 Å². The number of hydrogen-bond donors (Lipinski definition) is 1. The first-order valence-electron chi connectivity index (χ1n) is 7.29. The largest absolute Gasteiger partial charge is 0.401 e. The highest BCUT2D eigenvalue weighted by molar-refractivity contribution is 5.06. The molecule has 1 N–H and O–H groups in total. The molecule has 0 aliphatic heterocycles. The van der Waals surface area contributed by atoms with Crippen molar-refractivity contribution < 1.29 is 17.7 Å². The van der Waals surface area contributed by atoms with Crippen molar-refractivity contribution in [3.05, 3.63) is 17.5 Å². The number of rotatable bonds is 8. The van der Waals surface area contributed by atoms with Gasteiger partial charge in [0.15, 0.2) is 5.76 Å². The molecule has 120 valence electrons. The van der Waals surface area contributed by atoms with Crippen LogP contribution in [0.15, 0.2) is 10.6 Å². The minimum absolute atomic E-state index is 0.0271. The predicted octanol–water partition coefficient (Wildman–Crippen LogP) is 2.95. The molecule has 0 aromatic carbocycles. The number of aromatic nitrogens is 1. The molecule has 1 aliphatic carbocycles. The van der Waals surface area contributed by atoms with Gasteiger partial charge in [-0.25, -0.2) is 0 Å². The second-order valence-corrected chi connectivity index (χ2v) is 6.06. The van der Waals surface area contributed by atoms with Gasteiger partial charge in [-0.3, -0.25) is 4.90 Å². The summed E-state index contributed by atoms with van der Waals surface area (Å²) in [6.45, 7) is 4.92. The average molecular weight is 305 g/mol. The summed E-state index contributed by atoms with van der Waals surface area (Å²) < 4.78 is 42.8. The van der Waals surface area contributed by atoms with E-state index in [2.05, 4.69) is 24.3 Å². The van der Waals surface area contributed by atoms with Gasteiger partial charge in [0.05, 0.1) is 18.8 Å². The molecule has 0 radical (unpaired) electrons. The van der Waals surface area contributed by atoms with Crippen LogP contribution in [0.5, 0.6) is 0 Å². The standard InChI is InChI=1S/C14H22F3N3O/c1-10(2)6-18-7-11-5-13(21-19-11)8-20(12-3-4-12)9-14(15,16)17/h5,10,12,18H,3-4,6-9H2,1-2H3. The summed E-state index contributed by atoms with van der Waals surface area (Å²) in [6.07, 6.45) is -2.52. The Balaban J connectivity index is 1.85. The van der Waals surface area contributed by atoms with Gasteiger partial charge in [-0.1, -0.05) is 19.0 Å². The lowest BCUT2D eigenvalue weighted by Gasteiger charge is -2.21. The average Bonchev–Trinajstić information content (AvgIpc) is 3.09. The highest BCUT2D eigenvalue weighted by Gasteiger charge is 2.38. The third kappa shape index (κ3) is 6.05. The highest BCUT2D eigenvalue weighted by Crippen LogP contribution is 2.31. The van der Waals surface area contributed by atoms with Gasteiger partial charge in [-0.15, -0.1) is 0 Å². The highest BCUT2D eigenvalue weighted by atomic mass is 19.4. The normalized spacial score (nSPS) is 16.1. The van der Waals surface area contributed by atoms with E-state index in [9.17, 15) is 13.2 Å². The third-order valence-electron chi connectivity index (χ3n) is 3.27. The van der Waals surface area contributed by atoms with E-state index in [1.807, 2.05) is 0 Å². The minimum Gasteiger partial charge on any atom is -0.360 e. The molecule has 0 atom stereocenters. The van der Waals surface area contributed by atoms with Crippen molar-refractivity contribution in [3.8, 4) is 0 Å². The number of halogens is 3. The summed E-state index contributed by atoms with van der Waals surface area (Å²) in [5.74, 6) is 1.03. The fraction of sp³-hybridized carbons (Fsp3) is 0.786. The zero-order chi connectivity index (χ0) is 15.5. The maximum absolute atomic E-state index is 12.5. The van der Waals surface area contributed by atoms with Crippen LogP contribution in [0, 0.1) is 5.92 Å². The molecule has 1 aromatic rings. The van der Waals surface area contributed by atoms with Crippen molar-refractivity contribution >= 4 is 0 Å². The molecule has 21 heavy (non-hydrogen) atoms. The van der Waals surface area contributed by atoms with E-state index in [0.29, 0.717) is 18.2 Å². The van der Waals surface area contributed by atoms with E-state index >= 15 is 0 Å². The Morgan fingerprint density at radius 1 is 1.43 bits per heavy atom. The van der Waals surface area contributed by atoms with E-state index in [4.69, 9.17) is 4.52 Å². The molecule has 1 heterocycles. The Morgan fingerprint density at radius 2 is 2.14 bits per heavy atom. The minimum atomic E-state index is -4.18. The monoisotopic (exact) mass is 305 g/mol. The molecule has 0 spiro atoms. The maximum atomic E-state index is 12.5. The molecule has 1 fully saturated rings. The number of alkyl halides is 3. The maximum Gasteiger partial charge on any atom is 0.401 e. The first-order chi connectivity index (χ1) is 9.83. The lowest BCUT2D eigenvalue weighted by Crippen LogP contribution is -2.35. The van der Waals surface area contributed by atoms with E-state index < -0.39 is 12.7 Å². The molecular formula is C14H22F3N3O. The van der Waals surface area contributed by atoms with Crippen LogP contribution in [0.3, 0.4) is 0 Å². The van der Waals surface area contributed by atoms with E-state index in [1.165, 1.54) is 4.90 Å². The molecule has 1 aliphatic rings. The van der Waals surface area contributed by atoms with Crippen LogP contribution in [0.25, 0.3) is 0 Å². The second kappa shape index (κ2) is 6.79. The Kier molecular flexibility index (Phi) is 5.27. The summed E-state index contributed by atoms with van der Waals surface area (Å²) in [4.78, 5) is 1.42. The molecule has 0 bridgehead atoms. The van der Waals surface area contributed by atoms with E-state index in [0.717, 1.165) is 25.1 Å². The third-order valence-corrected chi connectivity index (χ3v) is 3.27. The van der Waals surface area contributed by atoms with Crippen LogP contribution in [0.2, 0.25) is 0 Å². The van der Waals surface area contributed by atoms with Gasteiger partial charge in [0.1, 0.15) is 0 Å². The zero-order valence-corrected chi connectivity index (χ0v) is 12.4.